The zero-order valence-electron chi connectivity index (χ0n) is 13.6. The molecule has 3 nitrogen and oxygen atoms in total. The maximum absolute atomic E-state index is 4.77. The standard InChI is InChI=1S/C18H27N3/c1-5-16(6-2)21-12-11-15(20-21)13-18(19-4)17-10-8-7-9-14(17)3/h7-12,16,18-19H,5-6,13H2,1-4H3. The summed E-state index contributed by atoms with van der Waals surface area (Å²) in [6, 6.07) is 11.6. The second-order valence-electron chi connectivity index (χ2n) is 5.66. The van der Waals surface area contributed by atoms with Crippen molar-refractivity contribution in [3.8, 4) is 0 Å². The van der Waals surface area contributed by atoms with Crippen molar-refractivity contribution in [3.05, 3.63) is 53.3 Å². The highest BCUT2D eigenvalue weighted by Gasteiger charge is 2.15. The third kappa shape index (κ3) is 3.73. The minimum absolute atomic E-state index is 0.316. The molecule has 0 saturated carbocycles. The molecular weight excluding hydrogens is 258 g/mol. The first-order valence-corrected chi connectivity index (χ1v) is 7.96. The summed E-state index contributed by atoms with van der Waals surface area (Å²) in [5.74, 6) is 0. The van der Waals surface area contributed by atoms with Gasteiger partial charge in [-0.15, -0.1) is 0 Å². The Labute approximate surface area is 128 Å². The van der Waals surface area contributed by atoms with Crippen LogP contribution < -0.4 is 5.32 Å². The third-order valence-electron chi connectivity index (χ3n) is 4.31. The fourth-order valence-electron chi connectivity index (χ4n) is 2.91. The molecule has 3 heteroatoms. The average Bonchev–Trinajstić information content (AvgIpc) is 2.95. The lowest BCUT2D eigenvalue weighted by Crippen LogP contribution is -2.20. The fourth-order valence-corrected chi connectivity index (χ4v) is 2.91. The Hall–Kier alpha value is -1.61. The van der Waals surface area contributed by atoms with Gasteiger partial charge in [0.25, 0.3) is 0 Å². The maximum atomic E-state index is 4.77. The van der Waals surface area contributed by atoms with Gasteiger partial charge in [0.05, 0.1) is 11.7 Å². The van der Waals surface area contributed by atoms with Gasteiger partial charge in [0.15, 0.2) is 0 Å². The Morgan fingerprint density at radius 2 is 1.86 bits per heavy atom. The van der Waals surface area contributed by atoms with Crippen LogP contribution >= 0.6 is 0 Å². The number of nitrogens with one attached hydrogen (secondary N) is 1. The molecule has 2 aromatic rings. The Morgan fingerprint density at radius 1 is 1.14 bits per heavy atom. The quantitative estimate of drug-likeness (QED) is 0.831. The lowest BCUT2D eigenvalue weighted by atomic mass is 9.98. The van der Waals surface area contributed by atoms with Gasteiger partial charge in [0, 0.05) is 18.7 Å². The number of benzene rings is 1. The van der Waals surface area contributed by atoms with Crippen molar-refractivity contribution in [1.82, 2.24) is 15.1 Å². The minimum atomic E-state index is 0.316. The van der Waals surface area contributed by atoms with Crippen molar-refractivity contribution in [2.24, 2.45) is 0 Å². The molecule has 1 N–H and O–H groups in total. The van der Waals surface area contributed by atoms with E-state index in [1.807, 2.05) is 7.05 Å². The van der Waals surface area contributed by atoms with Crippen LogP contribution in [0.4, 0.5) is 0 Å². The van der Waals surface area contributed by atoms with Crippen LogP contribution in [0.15, 0.2) is 36.5 Å². The average molecular weight is 285 g/mol. The van der Waals surface area contributed by atoms with Crippen LogP contribution in [0.1, 0.15) is 55.6 Å². The molecule has 21 heavy (non-hydrogen) atoms. The molecule has 1 unspecified atom stereocenters. The third-order valence-corrected chi connectivity index (χ3v) is 4.31. The van der Waals surface area contributed by atoms with Crippen molar-refractivity contribution in [1.29, 1.82) is 0 Å². The maximum Gasteiger partial charge on any atom is 0.0643 e. The highest BCUT2D eigenvalue weighted by Crippen LogP contribution is 2.22. The lowest BCUT2D eigenvalue weighted by molar-refractivity contribution is 0.423. The highest BCUT2D eigenvalue weighted by molar-refractivity contribution is 5.29. The van der Waals surface area contributed by atoms with E-state index in [-0.39, 0.29) is 0 Å². The molecule has 114 valence electrons. The van der Waals surface area contributed by atoms with Crippen LogP contribution in [0.25, 0.3) is 0 Å². The van der Waals surface area contributed by atoms with Crippen LogP contribution in [0.2, 0.25) is 0 Å². The van der Waals surface area contributed by atoms with Gasteiger partial charge in [-0.25, -0.2) is 0 Å². The van der Waals surface area contributed by atoms with Crippen molar-refractivity contribution < 1.29 is 0 Å². The molecule has 0 fully saturated rings. The molecule has 0 bridgehead atoms. The monoisotopic (exact) mass is 285 g/mol. The summed E-state index contributed by atoms with van der Waals surface area (Å²) in [6.45, 7) is 6.61. The number of aryl methyl sites for hydroxylation is 1. The highest BCUT2D eigenvalue weighted by atomic mass is 15.3. The van der Waals surface area contributed by atoms with Crippen LogP contribution in [0, 0.1) is 6.92 Å². The molecule has 1 atom stereocenters. The van der Waals surface area contributed by atoms with Gasteiger partial charge in [0.1, 0.15) is 0 Å². The smallest absolute Gasteiger partial charge is 0.0643 e. The van der Waals surface area contributed by atoms with E-state index in [1.54, 1.807) is 0 Å². The summed E-state index contributed by atoms with van der Waals surface area (Å²) in [5, 5.41) is 8.20. The molecule has 0 aliphatic heterocycles. The second kappa shape index (κ2) is 7.41. The van der Waals surface area contributed by atoms with E-state index < -0.39 is 0 Å². The number of hydrogen-bond acceptors (Lipinski definition) is 2. The molecule has 0 aliphatic rings. The molecule has 2 rings (SSSR count). The van der Waals surface area contributed by atoms with E-state index in [2.05, 4.69) is 67.3 Å². The van der Waals surface area contributed by atoms with Crippen LogP contribution in [-0.2, 0) is 6.42 Å². The van der Waals surface area contributed by atoms with Crippen molar-refractivity contribution >= 4 is 0 Å². The molecule has 1 aromatic carbocycles. The summed E-state index contributed by atoms with van der Waals surface area (Å²) in [6.07, 6.45) is 5.31. The molecule has 0 aliphatic carbocycles. The molecular formula is C18H27N3. The van der Waals surface area contributed by atoms with Gasteiger partial charge in [-0.05, 0) is 44.0 Å². The topological polar surface area (TPSA) is 29.9 Å². The first kappa shape index (κ1) is 15.8. The number of hydrogen-bond donors (Lipinski definition) is 1. The predicted octanol–water partition coefficient (Wildman–Crippen LogP) is 4.06. The molecule has 0 amide bonds. The predicted molar refractivity (Wildman–Crippen MR) is 88.5 cm³/mol. The summed E-state index contributed by atoms with van der Waals surface area (Å²) in [5.41, 5.74) is 3.85. The van der Waals surface area contributed by atoms with Crippen molar-refractivity contribution in [2.45, 2.75) is 52.1 Å². The normalized spacial score (nSPS) is 12.8. The van der Waals surface area contributed by atoms with E-state index in [0.717, 1.165) is 25.0 Å². The number of nitrogens with zero attached hydrogens (tertiary/aromatic N) is 2. The first-order chi connectivity index (χ1) is 10.2. The molecule has 1 aromatic heterocycles. The SMILES string of the molecule is CCC(CC)n1ccc(CC(NC)c2ccccc2C)n1. The fraction of sp³-hybridized carbons (Fsp3) is 0.500. The number of aromatic nitrogens is 2. The van der Waals surface area contributed by atoms with Crippen LogP contribution in [-0.4, -0.2) is 16.8 Å². The number of likely N-dealkylation sites (N-methyl/N-ethyl adjacent to an activating group) is 1. The van der Waals surface area contributed by atoms with E-state index in [4.69, 9.17) is 5.10 Å². The molecule has 0 spiro atoms. The zero-order chi connectivity index (χ0) is 15.2. The second-order valence-corrected chi connectivity index (χ2v) is 5.66. The van der Waals surface area contributed by atoms with Gasteiger partial charge >= 0.3 is 0 Å². The Kier molecular flexibility index (Phi) is 5.57. The van der Waals surface area contributed by atoms with Gasteiger partial charge in [0.2, 0.25) is 0 Å². The van der Waals surface area contributed by atoms with E-state index in [9.17, 15) is 0 Å². The van der Waals surface area contributed by atoms with Crippen molar-refractivity contribution in [2.75, 3.05) is 7.05 Å². The largest absolute Gasteiger partial charge is 0.313 e. The molecule has 0 radical (unpaired) electrons. The van der Waals surface area contributed by atoms with E-state index >= 15 is 0 Å². The lowest BCUT2D eigenvalue weighted by Gasteiger charge is -2.18. The molecule has 1 heterocycles. The van der Waals surface area contributed by atoms with Crippen LogP contribution in [0.5, 0.6) is 0 Å². The minimum Gasteiger partial charge on any atom is -0.313 e. The Bertz CT molecular complexity index is 555. The number of rotatable bonds is 7. The summed E-state index contributed by atoms with van der Waals surface area (Å²) >= 11 is 0. The van der Waals surface area contributed by atoms with E-state index in [1.165, 1.54) is 11.1 Å². The Balaban J connectivity index is 2.14. The first-order valence-electron chi connectivity index (χ1n) is 7.96. The van der Waals surface area contributed by atoms with E-state index in [0.29, 0.717) is 12.1 Å². The molecule has 0 saturated heterocycles. The van der Waals surface area contributed by atoms with Crippen molar-refractivity contribution in [3.63, 3.8) is 0 Å². The van der Waals surface area contributed by atoms with Gasteiger partial charge in [-0.1, -0.05) is 38.1 Å². The zero-order valence-corrected chi connectivity index (χ0v) is 13.6. The van der Waals surface area contributed by atoms with Crippen LogP contribution in [0.3, 0.4) is 0 Å². The van der Waals surface area contributed by atoms with Gasteiger partial charge < -0.3 is 5.32 Å². The van der Waals surface area contributed by atoms with Gasteiger partial charge in [-0.3, -0.25) is 4.68 Å². The summed E-state index contributed by atoms with van der Waals surface area (Å²) in [7, 11) is 2.02. The Morgan fingerprint density at radius 3 is 2.48 bits per heavy atom. The summed E-state index contributed by atoms with van der Waals surface area (Å²) < 4.78 is 2.12. The summed E-state index contributed by atoms with van der Waals surface area (Å²) in [4.78, 5) is 0. The van der Waals surface area contributed by atoms with Gasteiger partial charge in [-0.2, -0.15) is 5.10 Å².